The lowest BCUT2D eigenvalue weighted by atomic mass is 10.1. The Morgan fingerprint density at radius 3 is 2.00 bits per heavy atom. The second kappa shape index (κ2) is 7.03. The molecule has 0 unspecified atom stereocenters. The fourth-order valence-electron chi connectivity index (χ4n) is 5.17. The van der Waals surface area contributed by atoms with Crippen LogP contribution in [0.2, 0.25) is 16.6 Å². The number of pyridine rings is 1. The summed E-state index contributed by atoms with van der Waals surface area (Å²) in [4.78, 5) is 4.73. The fraction of sp³-hybridized carbons (Fsp3) is 0.435. The molecular formula is C23H32N2Si. The van der Waals surface area contributed by atoms with Crippen molar-refractivity contribution in [2.75, 3.05) is 0 Å². The van der Waals surface area contributed by atoms with Gasteiger partial charge in [-0.1, -0.05) is 65.8 Å². The van der Waals surface area contributed by atoms with E-state index in [0.29, 0.717) is 16.6 Å². The van der Waals surface area contributed by atoms with Crippen molar-refractivity contribution in [2.24, 2.45) is 0 Å². The molecule has 0 fully saturated rings. The Bertz CT molecular complexity index is 866. The van der Waals surface area contributed by atoms with Crippen LogP contribution in [0, 0.1) is 6.92 Å². The van der Waals surface area contributed by atoms with E-state index in [1.54, 1.807) is 0 Å². The standard InChI is InChI=1S/C23H32N2Si/c1-16(2)26(17(3)4,18(5)6)25-15-21(20-10-8-9-11-23(20)25)22-13-12-19(7)14-24-22/h8-18H,1-7H3. The van der Waals surface area contributed by atoms with Crippen LogP contribution in [0.4, 0.5) is 0 Å². The van der Waals surface area contributed by atoms with Gasteiger partial charge >= 0.3 is 0 Å². The van der Waals surface area contributed by atoms with E-state index in [9.17, 15) is 0 Å². The lowest BCUT2D eigenvalue weighted by Crippen LogP contribution is -2.51. The molecule has 0 aliphatic carbocycles. The number of hydrogen-bond donors (Lipinski definition) is 0. The van der Waals surface area contributed by atoms with Crippen LogP contribution in [0.5, 0.6) is 0 Å². The molecule has 3 heteroatoms. The summed E-state index contributed by atoms with van der Waals surface area (Å²) in [6, 6.07) is 13.2. The van der Waals surface area contributed by atoms with Crippen LogP contribution in [0.15, 0.2) is 48.8 Å². The molecule has 2 aromatic heterocycles. The zero-order valence-corrected chi connectivity index (χ0v) is 18.2. The minimum atomic E-state index is -1.80. The molecule has 138 valence electrons. The first-order valence-electron chi connectivity index (χ1n) is 9.83. The van der Waals surface area contributed by atoms with Gasteiger partial charge in [-0.25, -0.2) is 0 Å². The molecule has 0 spiro atoms. The largest absolute Gasteiger partial charge is 0.373 e. The van der Waals surface area contributed by atoms with E-state index in [1.807, 2.05) is 6.20 Å². The van der Waals surface area contributed by atoms with Crippen LogP contribution in [0.3, 0.4) is 0 Å². The molecule has 26 heavy (non-hydrogen) atoms. The molecule has 0 aliphatic rings. The Morgan fingerprint density at radius 2 is 1.46 bits per heavy atom. The zero-order chi connectivity index (χ0) is 19.1. The highest BCUT2D eigenvalue weighted by molar-refractivity contribution is 6.82. The summed E-state index contributed by atoms with van der Waals surface area (Å²) in [6.07, 6.45) is 4.38. The summed E-state index contributed by atoms with van der Waals surface area (Å²) >= 11 is 0. The third-order valence-corrected chi connectivity index (χ3v) is 12.8. The molecule has 0 bridgehead atoms. The Kier molecular flexibility index (Phi) is 5.11. The van der Waals surface area contributed by atoms with Crippen molar-refractivity contribution in [2.45, 2.75) is 65.1 Å². The predicted octanol–water partition coefficient (Wildman–Crippen LogP) is 7.04. The summed E-state index contributed by atoms with van der Waals surface area (Å²) < 4.78 is 2.69. The smallest absolute Gasteiger partial charge is 0.169 e. The Morgan fingerprint density at radius 1 is 0.846 bits per heavy atom. The minimum absolute atomic E-state index is 0.664. The van der Waals surface area contributed by atoms with Gasteiger partial charge < -0.3 is 4.23 Å². The van der Waals surface area contributed by atoms with Gasteiger partial charge in [0.1, 0.15) is 0 Å². The molecule has 1 aromatic carbocycles. The first kappa shape index (κ1) is 18.9. The van der Waals surface area contributed by atoms with Gasteiger partial charge in [0.05, 0.1) is 5.69 Å². The van der Waals surface area contributed by atoms with E-state index in [4.69, 9.17) is 4.98 Å². The number of rotatable bonds is 5. The summed E-state index contributed by atoms with van der Waals surface area (Å²) in [5, 5.41) is 1.32. The van der Waals surface area contributed by atoms with Crippen LogP contribution in [-0.4, -0.2) is 17.5 Å². The molecule has 0 saturated carbocycles. The number of aryl methyl sites for hydroxylation is 1. The van der Waals surface area contributed by atoms with Gasteiger partial charge in [-0.2, -0.15) is 0 Å². The third kappa shape index (κ3) is 2.83. The number of nitrogens with zero attached hydrogens (tertiary/aromatic N) is 2. The highest BCUT2D eigenvalue weighted by Crippen LogP contribution is 2.45. The van der Waals surface area contributed by atoms with Crippen molar-refractivity contribution in [3.05, 3.63) is 54.4 Å². The van der Waals surface area contributed by atoms with Crippen LogP contribution < -0.4 is 0 Å². The number of hydrogen-bond acceptors (Lipinski definition) is 1. The van der Waals surface area contributed by atoms with Gasteiger partial charge in [0, 0.05) is 28.9 Å². The lowest BCUT2D eigenvalue weighted by Gasteiger charge is -2.44. The van der Waals surface area contributed by atoms with Crippen LogP contribution in [0.25, 0.3) is 22.2 Å². The van der Waals surface area contributed by atoms with Crippen LogP contribution in [0.1, 0.15) is 47.1 Å². The average Bonchev–Trinajstić information content (AvgIpc) is 2.95. The molecule has 0 radical (unpaired) electrons. The van der Waals surface area contributed by atoms with Crippen molar-refractivity contribution < 1.29 is 0 Å². The molecule has 0 N–H and O–H groups in total. The quantitative estimate of drug-likeness (QED) is 0.444. The van der Waals surface area contributed by atoms with E-state index in [2.05, 4.69) is 95.3 Å². The van der Waals surface area contributed by atoms with E-state index < -0.39 is 8.24 Å². The molecule has 0 atom stereocenters. The highest BCUT2D eigenvalue weighted by atomic mass is 28.3. The van der Waals surface area contributed by atoms with Crippen LogP contribution >= 0.6 is 0 Å². The molecule has 0 amide bonds. The predicted molar refractivity (Wildman–Crippen MR) is 116 cm³/mol. The Labute approximate surface area is 159 Å². The van der Waals surface area contributed by atoms with E-state index in [1.165, 1.54) is 22.0 Å². The molecule has 2 nitrogen and oxygen atoms in total. The summed E-state index contributed by atoms with van der Waals surface area (Å²) in [7, 11) is -1.80. The third-order valence-electron chi connectivity index (χ3n) is 6.09. The molecule has 3 rings (SSSR count). The van der Waals surface area contributed by atoms with Crippen molar-refractivity contribution in [1.29, 1.82) is 0 Å². The van der Waals surface area contributed by atoms with E-state index >= 15 is 0 Å². The van der Waals surface area contributed by atoms with Gasteiger partial charge in [0.15, 0.2) is 8.24 Å². The zero-order valence-electron chi connectivity index (χ0n) is 17.2. The SMILES string of the molecule is Cc1ccc(-c2cn([Si](C(C)C)(C(C)C)C(C)C)c3ccccc23)nc1. The number of aromatic nitrogens is 2. The second-order valence-corrected chi connectivity index (χ2v) is 14.2. The molecule has 3 aromatic rings. The fourth-order valence-corrected chi connectivity index (χ4v) is 11.8. The van der Waals surface area contributed by atoms with Crippen molar-refractivity contribution in [3.8, 4) is 11.3 Å². The monoisotopic (exact) mass is 364 g/mol. The normalized spacial score (nSPS) is 12.7. The topological polar surface area (TPSA) is 17.8 Å². The van der Waals surface area contributed by atoms with Gasteiger partial charge in [0.25, 0.3) is 0 Å². The molecule has 0 aliphatic heterocycles. The number of para-hydroxylation sites is 1. The molecular weight excluding hydrogens is 332 g/mol. The Balaban J connectivity index is 2.35. The highest BCUT2D eigenvalue weighted by Gasteiger charge is 2.46. The van der Waals surface area contributed by atoms with Gasteiger partial charge in [-0.05, 0) is 41.2 Å². The van der Waals surface area contributed by atoms with Crippen molar-refractivity contribution >= 4 is 19.1 Å². The minimum Gasteiger partial charge on any atom is -0.373 e. The van der Waals surface area contributed by atoms with Gasteiger partial charge in [-0.3, -0.25) is 4.98 Å². The average molecular weight is 365 g/mol. The first-order valence-corrected chi connectivity index (χ1v) is 12.0. The Hall–Kier alpha value is -1.87. The maximum absolute atomic E-state index is 4.73. The molecule has 2 heterocycles. The van der Waals surface area contributed by atoms with Crippen molar-refractivity contribution in [1.82, 2.24) is 9.22 Å². The van der Waals surface area contributed by atoms with Crippen LogP contribution in [-0.2, 0) is 0 Å². The second-order valence-electron chi connectivity index (χ2n) is 8.50. The molecule has 0 saturated heterocycles. The maximum atomic E-state index is 4.73. The van der Waals surface area contributed by atoms with E-state index in [-0.39, 0.29) is 0 Å². The van der Waals surface area contributed by atoms with Crippen molar-refractivity contribution in [3.63, 3.8) is 0 Å². The van der Waals surface area contributed by atoms with E-state index in [0.717, 1.165) is 5.69 Å². The number of benzene rings is 1. The summed E-state index contributed by atoms with van der Waals surface area (Å²) in [5.41, 5.74) is 6.90. The first-order chi connectivity index (χ1) is 12.3. The van der Waals surface area contributed by atoms with Gasteiger partial charge in [-0.15, -0.1) is 0 Å². The maximum Gasteiger partial charge on any atom is 0.169 e. The van der Waals surface area contributed by atoms with Gasteiger partial charge in [0.2, 0.25) is 0 Å². The summed E-state index contributed by atoms with van der Waals surface area (Å²) in [6.45, 7) is 16.6. The lowest BCUT2D eigenvalue weighted by molar-refractivity contribution is 0.773. The summed E-state index contributed by atoms with van der Waals surface area (Å²) in [5.74, 6) is 0. The number of fused-ring (bicyclic) bond motifs is 1.